The first-order valence-electron chi connectivity index (χ1n) is 5.86. The van der Waals surface area contributed by atoms with Gasteiger partial charge >= 0.3 is 0 Å². The van der Waals surface area contributed by atoms with Crippen molar-refractivity contribution >= 4 is 22.9 Å². The monoisotopic (exact) mass is 276 g/mol. The number of hydrogen-bond donors (Lipinski definition) is 3. The van der Waals surface area contributed by atoms with Crippen molar-refractivity contribution < 1.29 is 4.79 Å². The number of amides is 1. The van der Waals surface area contributed by atoms with Gasteiger partial charge in [0.15, 0.2) is 0 Å². The molecule has 0 saturated carbocycles. The summed E-state index contributed by atoms with van der Waals surface area (Å²) < 4.78 is 0. The summed E-state index contributed by atoms with van der Waals surface area (Å²) in [5, 5.41) is 2.88. The number of carbonyl (C=O) groups is 1. The molecule has 0 saturated heterocycles. The third-order valence-electron chi connectivity index (χ3n) is 2.86. The van der Waals surface area contributed by atoms with E-state index in [0.29, 0.717) is 17.8 Å². The molecule has 0 fully saturated rings. The van der Waals surface area contributed by atoms with Crippen LogP contribution in [0.1, 0.15) is 25.7 Å². The van der Waals surface area contributed by atoms with Crippen LogP contribution in [0.2, 0.25) is 0 Å². The van der Waals surface area contributed by atoms with Gasteiger partial charge in [0.1, 0.15) is 0 Å². The van der Waals surface area contributed by atoms with E-state index in [1.165, 1.54) is 16.6 Å². The molecule has 0 bridgehead atoms. The van der Waals surface area contributed by atoms with Crippen LogP contribution in [0.15, 0.2) is 24.5 Å². The van der Waals surface area contributed by atoms with Gasteiger partial charge in [-0.05, 0) is 31.5 Å². The Labute approximate surface area is 115 Å². The zero-order chi connectivity index (χ0) is 13.8. The number of aromatic nitrogens is 1. The second kappa shape index (κ2) is 5.81. The molecule has 2 aromatic rings. The first-order valence-corrected chi connectivity index (χ1v) is 6.68. The number of nitrogens with one attached hydrogen (secondary N) is 2. The summed E-state index contributed by atoms with van der Waals surface area (Å²) in [6, 6.07) is 3.73. The lowest BCUT2D eigenvalue weighted by molar-refractivity contribution is 0.0952. The molecule has 0 aliphatic carbocycles. The molecule has 0 unspecified atom stereocenters. The quantitative estimate of drug-likeness (QED) is 0.589. The molecule has 0 aliphatic rings. The Balaban J connectivity index is 2.05. The molecule has 0 radical (unpaired) electrons. The zero-order valence-electron chi connectivity index (χ0n) is 10.9. The van der Waals surface area contributed by atoms with Crippen LogP contribution in [0, 0.1) is 13.8 Å². The van der Waals surface area contributed by atoms with E-state index in [1.807, 2.05) is 0 Å². The van der Waals surface area contributed by atoms with Crippen LogP contribution in [-0.2, 0) is 6.54 Å². The summed E-state index contributed by atoms with van der Waals surface area (Å²) in [6.45, 7) is 4.66. The van der Waals surface area contributed by atoms with E-state index in [4.69, 9.17) is 5.84 Å². The van der Waals surface area contributed by atoms with E-state index in [0.717, 1.165) is 4.88 Å². The van der Waals surface area contributed by atoms with Crippen molar-refractivity contribution in [3.63, 3.8) is 0 Å². The predicted molar refractivity (Wildman–Crippen MR) is 77.0 cm³/mol. The van der Waals surface area contributed by atoms with Crippen LogP contribution < -0.4 is 16.6 Å². The molecular formula is C13H16N4OS. The van der Waals surface area contributed by atoms with E-state index in [9.17, 15) is 4.79 Å². The van der Waals surface area contributed by atoms with Crippen molar-refractivity contribution in [2.24, 2.45) is 5.84 Å². The molecule has 2 heterocycles. The smallest absolute Gasteiger partial charge is 0.253 e. The number of nitrogens with zero attached hydrogens (tertiary/aromatic N) is 1. The third-order valence-corrected chi connectivity index (χ3v) is 4.01. The fourth-order valence-corrected chi connectivity index (χ4v) is 2.70. The highest BCUT2D eigenvalue weighted by atomic mass is 32.1. The lowest BCUT2D eigenvalue weighted by Crippen LogP contribution is -2.24. The summed E-state index contributed by atoms with van der Waals surface area (Å²) in [5.41, 5.74) is 4.72. The Morgan fingerprint density at radius 1 is 1.47 bits per heavy atom. The Bertz CT molecular complexity index is 575. The maximum Gasteiger partial charge on any atom is 0.253 e. The summed E-state index contributed by atoms with van der Waals surface area (Å²) in [4.78, 5) is 18.4. The molecule has 19 heavy (non-hydrogen) atoms. The minimum Gasteiger partial charge on any atom is -0.347 e. The summed E-state index contributed by atoms with van der Waals surface area (Å²) in [5.74, 6) is 5.18. The number of rotatable bonds is 4. The van der Waals surface area contributed by atoms with Crippen LogP contribution in [0.4, 0.5) is 5.69 Å². The van der Waals surface area contributed by atoms with Gasteiger partial charge in [0.2, 0.25) is 0 Å². The maximum atomic E-state index is 12.1. The highest BCUT2D eigenvalue weighted by Gasteiger charge is 2.11. The minimum absolute atomic E-state index is 0.168. The van der Waals surface area contributed by atoms with E-state index in [-0.39, 0.29) is 5.91 Å². The minimum atomic E-state index is -0.168. The van der Waals surface area contributed by atoms with Gasteiger partial charge in [0.25, 0.3) is 5.91 Å². The van der Waals surface area contributed by atoms with Crippen molar-refractivity contribution in [1.29, 1.82) is 0 Å². The van der Waals surface area contributed by atoms with E-state index < -0.39 is 0 Å². The lowest BCUT2D eigenvalue weighted by Gasteiger charge is -2.08. The molecule has 0 aromatic carbocycles. The van der Waals surface area contributed by atoms with Crippen molar-refractivity contribution in [3.05, 3.63) is 45.4 Å². The van der Waals surface area contributed by atoms with Gasteiger partial charge in [-0.25, -0.2) is 0 Å². The Morgan fingerprint density at radius 3 is 2.89 bits per heavy atom. The van der Waals surface area contributed by atoms with Crippen molar-refractivity contribution in [3.8, 4) is 0 Å². The number of nitrogen functional groups attached to an aromatic ring is 1. The Kier molecular flexibility index (Phi) is 4.13. The molecular weight excluding hydrogens is 260 g/mol. The number of nitrogens with two attached hydrogens (primary N) is 1. The highest BCUT2D eigenvalue weighted by molar-refractivity contribution is 7.12. The topological polar surface area (TPSA) is 80.0 Å². The first kappa shape index (κ1) is 13.5. The number of carbonyl (C=O) groups excluding carboxylic acids is 1. The van der Waals surface area contributed by atoms with Crippen LogP contribution in [0.5, 0.6) is 0 Å². The van der Waals surface area contributed by atoms with Gasteiger partial charge in [-0.3, -0.25) is 15.6 Å². The van der Waals surface area contributed by atoms with Crippen LogP contribution in [-0.4, -0.2) is 10.9 Å². The second-order valence-electron chi connectivity index (χ2n) is 4.20. The van der Waals surface area contributed by atoms with Crippen LogP contribution in [0.3, 0.4) is 0 Å². The molecule has 6 heteroatoms. The number of aryl methyl sites for hydroxylation is 2. The number of anilines is 1. The predicted octanol–water partition coefficient (Wildman–Crippen LogP) is 1.98. The fraction of sp³-hybridized carbons (Fsp3) is 0.231. The molecule has 0 atom stereocenters. The van der Waals surface area contributed by atoms with Gasteiger partial charge in [0, 0.05) is 16.0 Å². The van der Waals surface area contributed by atoms with E-state index >= 15 is 0 Å². The fourth-order valence-electron chi connectivity index (χ4n) is 1.71. The third kappa shape index (κ3) is 3.10. The Hall–Kier alpha value is -1.92. The number of hydrogen-bond acceptors (Lipinski definition) is 5. The molecule has 0 spiro atoms. The van der Waals surface area contributed by atoms with Crippen LogP contribution >= 0.6 is 11.3 Å². The highest BCUT2D eigenvalue weighted by Crippen LogP contribution is 2.20. The summed E-state index contributed by atoms with van der Waals surface area (Å²) in [7, 11) is 0. The molecule has 100 valence electrons. The Morgan fingerprint density at radius 2 is 2.26 bits per heavy atom. The van der Waals surface area contributed by atoms with Crippen molar-refractivity contribution in [2.45, 2.75) is 20.4 Å². The number of thiophene rings is 1. The van der Waals surface area contributed by atoms with Gasteiger partial charge in [-0.15, -0.1) is 11.3 Å². The van der Waals surface area contributed by atoms with Crippen molar-refractivity contribution in [1.82, 2.24) is 10.3 Å². The van der Waals surface area contributed by atoms with E-state index in [1.54, 1.807) is 23.6 Å². The summed E-state index contributed by atoms with van der Waals surface area (Å²) in [6.07, 6.45) is 3.09. The maximum absolute atomic E-state index is 12.1. The number of pyridine rings is 1. The van der Waals surface area contributed by atoms with Gasteiger partial charge < -0.3 is 10.7 Å². The second-order valence-corrected chi connectivity index (χ2v) is 5.54. The molecule has 4 N–H and O–H groups in total. The summed E-state index contributed by atoms with van der Waals surface area (Å²) >= 11 is 1.69. The molecule has 5 nitrogen and oxygen atoms in total. The molecule has 0 aliphatic heterocycles. The van der Waals surface area contributed by atoms with Crippen molar-refractivity contribution in [2.75, 3.05) is 5.43 Å². The average molecular weight is 276 g/mol. The van der Waals surface area contributed by atoms with E-state index in [2.05, 4.69) is 35.6 Å². The molecule has 2 rings (SSSR count). The van der Waals surface area contributed by atoms with Gasteiger partial charge in [-0.2, -0.15) is 0 Å². The van der Waals surface area contributed by atoms with Gasteiger partial charge in [0.05, 0.1) is 24.0 Å². The average Bonchev–Trinajstić information content (AvgIpc) is 2.75. The van der Waals surface area contributed by atoms with Crippen LogP contribution in [0.25, 0.3) is 0 Å². The molecule has 1 amide bonds. The first-order chi connectivity index (χ1) is 9.11. The lowest BCUT2D eigenvalue weighted by atomic mass is 10.2. The normalized spacial score (nSPS) is 10.3. The SMILES string of the molecule is Cc1cc(CNC(=O)c2ccncc2NN)sc1C. The standard InChI is InChI=1S/C13H16N4OS/c1-8-5-10(19-9(8)2)6-16-13(18)11-3-4-15-7-12(11)17-14/h3-5,7,17H,6,14H2,1-2H3,(H,16,18). The largest absolute Gasteiger partial charge is 0.347 e. The molecule has 2 aromatic heterocycles. The van der Waals surface area contributed by atoms with Gasteiger partial charge in [-0.1, -0.05) is 0 Å². The zero-order valence-corrected chi connectivity index (χ0v) is 11.7. The number of hydrazine groups is 1.